The van der Waals surface area contributed by atoms with Crippen molar-refractivity contribution < 1.29 is 4.74 Å². The van der Waals surface area contributed by atoms with E-state index in [0.29, 0.717) is 32.1 Å². The number of ether oxygens (including phenoxy) is 1. The number of aromatic nitrogens is 2. The molecule has 2 N–H and O–H groups in total. The Balaban J connectivity index is 2.38. The van der Waals surface area contributed by atoms with Crippen LogP contribution in [0.1, 0.15) is 19.9 Å². The van der Waals surface area contributed by atoms with Crippen LogP contribution in [-0.2, 0) is 4.74 Å². The summed E-state index contributed by atoms with van der Waals surface area (Å²) in [6.07, 6.45) is 3.38. The van der Waals surface area contributed by atoms with Gasteiger partial charge >= 0.3 is 0 Å². The molecule has 1 unspecified atom stereocenters. The number of rotatable bonds is 3. The van der Waals surface area contributed by atoms with Gasteiger partial charge in [0.15, 0.2) is 5.82 Å². The van der Waals surface area contributed by atoms with Crippen molar-refractivity contribution in [3.8, 4) is 0 Å². The minimum atomic E-state index is -0.0622. The molecule has 1 saturated heterocycles. The number of hydrogen-bond acceptors (Lipinski definition) is 5. The fourth-order valence-electron chi connectivity index (χ4n) is 2.15. The van der Waals surface area contributed by atoms with Crippen LogP contribution in [0.4, 0.5) is 5.82 Å². The topological polar surface area (TPSA) is 73.4 Å². The zero-order chi connectivity index (χ0) is 13.1. The molecule has 2 heterocycles. The fourth-order valence-corrected chi connectivity index (χ4v) is 2.15. The van der Waals surface area contributed by atoms with Gasteiger partial charge in [0.1, 0.15) is 0 Å². The predicted molar refractivity (Wildman–Crippen MR) is 69.9 cm³/mol. The summed E-state index contributed by atoms with van der Waals surface area (Å²) in [5.74, 6) is 0.477. The van der Waals surface area contributed by atoms with Gasteiger partial charge in [0.05, 0.1) is 19.3 Å². The lowest BCUT2D eigenvalue weighted by molar-refractivity contribution is 0.0956. The molecule has 1 fully saturated rings. The molecule has 0 amide bonds. The van der Waals surface area contributed by atoms with E-state index in [1.54, 1.807) is 17.0 Å². The number of nitrogens with zero attached hydrogens (tertiary/aromatic N) is 3. The van der Waals surface area contributed by atoms with E-state index in [1.807, 2.05) is 18.7 Å². The summed E-state index contributed by atoms with van der Waals surface area (Å²) in [5, 5.41) is 0. The number of hydrogen-bond donors (Lipinski definition) is 1. The highest BCUT2D eigenvalue weighted by Gasteiger charge is 2.25. The third kappa shape index (κ3) is 2.39. The summed E-state index contributed by atoms with van der Waals surface area (Å²) in [4.78, 5) is 18.5. The molecule has 1 aliphatic rings. The molecule has 18 heavy (non-hydrogen) atoms. The molecule has 1 aromatic rings. The Morgan fingerprint density at radius 3 is 3.06 bits per heavy atom. The van der Waals surface area contributed by atoms with E-state index in [9.17, 15) is 4.79 Å². The molecule has 1 aromatic heterocycles. The largest absolute Gasteiger partial charge is 0.377 e. The summed E-state index contributed by atoms with van der Waals surface area (Å²) < 4.78 is 7.07. The highest BCUT2D eigenvalue weighted by molar-refractivity contribution is 5.38. The van der Waals surface area contributed by atoms with Gasteiger partial charge in [0.25, 0.3) is 5.56 Å². The lowest BCUT2D eigenvalue weighted by Crippen LogP contribution is -2.52. The molecule has 2 rings (SSSR count). The fraction of sp³-hybridized carbons (Fsp3) is 0.667. The molecule has 0 aliphatic carbocycles. The Morgan fingerprint density at radius 2 is 2.39 bits per heavy atom. The molecule has 0 spiro atoms. The van der Waals surface area contributed by atoms with Gasteiger partial charge in [0.2, 0.25) is 0 Å². The second-order valence-electron chi connectivity index (χ2n) is 4.71. The van der Waals surface area contributed by atoms with E-state index < -0.39 is 0 Å². The first-order valence-electron chi connectivity index (χ1n) is 6.26. The monoisotopic (exact) mass is 252 g/mol. The highest BCUT2D eigenvalue weighted by atomic mass is 16.5. The standard InChI is InChI=1S/C12H20N4O2/c1-9(2)15-4-3-14-11(12(15)17)16-5-6-18-8-10(16)7-13/h3-4,9-10H,5-8,13H2,1-2H3. The maximum atomic E-state index is 12.3. The quantitative estimate of drug-likeness (QED) is 0.819. The zero-order valence-corrected chi connectivity index (χ0v) is 10.9. The second kappa shape index (κ2) is 5.49. The molecule has 100 valence electrons. The Hall–Kier alpha value is -1.40. The van der Waals surface area contributed by atoms with Crippen molar-refractivity contribution in [2.45, 2.75) is 25.9 Å². The van der Waals surface area contributed by atoms with Crippen LogP contribution in [0.25, 0.3) is 0 Å². The van der Waals surface area contributed by atoms with Crippen LogP contribution in [0.5, 0.6) is 0 Å². The SMILES string of the molecule is CC(C)n1ccnc(N2CCOCC2CN)c1=O. The zero-order valence-electron chi connectivity index (χ0n) is 10.9. The summed E-state index contributed by atoms with van der Waals surface area (Å²) in [6.45, 7) is 6.22. The van der Waals surface area contributed by atoms with Crippen molar-refractivity contribution in [3.05, 3.63) is 22.7 Å². The van der Waals surface area contributed by atoms with Crippen LogP contribution in [0.15, 0.2) is 17.2 Å². The first-order valence-corrected chi connectivity index (χ1v) is 6.26. The van der Waals surface area contributed by atoms with Crippen molar-refractivity contribution in [1.82, 2.24) is 9.55 Å². The molecule has 0 saturated carbocycles. The van der Waals surface area contributed by atoms with Crippen LogP contribution in [0.3, 0.4) is 0 Å². The number of nitrogens with two attached hydrogens (primary N) is 1. The van der Waals surface area contributed by atoms with Gasteiger partial charge in [-0.3, -0.25) is 4.79 Å². The van der Waals surface area contributed by atoms with E-state index in [4.69, 9.17) is 10.5 Å². The van der Waals surface area contributed by atoms with Gasteiger partial charge in [-0.25, -0.2) is 4.98 Å². The first-order chi connectivity index (χ1) is 8.65. The smallest absolute Gasteiger partial charge is 0.293 e. The Kier molecular flexibility index (Phi) is 3.98. The Labute approximate surface area is 106 Å². The molecular weight excluding hydrogens is 232 g/mol. The lowest BCUT2D eigenvalue weighted by Gasteiger charge is -2.35. The summed E-state index contributed by atoms with van der Waals surface area (Å²) in [6, 6.07) is 0.151. The number of anilines is 1. The van der Waals surface area contributed by atoms with E-state index in [2.05, 4.69) is 4.98 Å². The van der Waals surface area contributed by atoms with Crippen LogP contribution in [-0.4, -0.2) is 41.9 Å². The van der Waals surface area contributed by atoms with Gasteiger partial charge < -0.3 is 19.9 Å². The van der Waals surface area contributed by atoms with Crippen molar-refractivity contribution in [3.63, 3.8) is 0 Å². The van der Waals surface area contributed by atoms with Crippen LogP contribution in [0, 0.1) is 0 Å². The normalized spacial score (nSPS) is 20.4. The predicted octanol–water partition coefficient (Wildman–Crippen LogP) is -0.0119. The molecule has 0 aromatic carbocycles. The summed E-state index contributed by atoms with van der Waals surface area (Å²) >= 11 is 0. The molecule has 0 radical (unpaired) electrons. The van der Waals surface area contributed by atoms with Gasteiger partial charge in [0, 0.05) is 31.5 Å². The first kappa shape index (κ1) is 13.0. The maximum Gasteiger partial charge on any atom is 0.293 e. The molecule has 0 bridgehead atoms. The second-order valence-corrected chi connectivity index (χ2v) is 4.71. The van der Waals surface area contributed by atoms with Gasteiger partial charge in [-0.2, -0.15) is 0 Å². The molecular formula is C12H20N4O2. The van der Waals surface area contributed by atoms with Crippen molar-refractivity contribution in [2.75, 3.05) is 31.2 Å². The van der Waals surface area contributed by atoms with Gasteiger partial charge in [-0.05, 0) is 13.8 Å². The summed E-state index contributed by atoms with van der Waals surface area (Å²) in [5.41, 5.74) is 5.66. The summed E-state index contributed by atoms with van der Waals surface area (Å²) in [7, 11) is 0. The van der Waals surface area contributed by atoms with Crippen molar-refractivity contribution in [2.24, 2.45) is 5.73 Å². The van der Waals surface area contributed by atoms with Crippen LogP contribution in [0.2, 0.25) is 0 Å². The molecule has 6 heteroatoms. The van der Waals surface area contributed by atoms with E-state index in [-0.39, 0.29) is 17.6 Å². The number of morpholine rings is 1. The van der Waals surface area contributed by atoms with E-state index >= 15 is 0 Å². The van der Waals surface area contributed by atoms with Crippen LogP contribution >= 0.6 is 0 Å². The van der Waals surface area contributed by atoms with Crippen LogP contribution < -0.4 is 16.2 Å². The third-order valence-electron chi connectivity index (χ3n) is 3.18. The third-order valence-corrected chi connectivity index (χ3v) is 3.18. The highest BCUT2D eigenvalue weighted by Crippen LogP contribution is 2.13. The van der Waals surface area contributed by atoms with Crippen molar-refractivity contribution >= 4 is 5.82 Å². The van der Waals surface area contributed by atoms with Gasteiger partial charge in [-0.1, -0.05) is 0 Å². The molecule has 1 aliphatic heterocycles. The lowest BCUT2D eigenvalue weighted by atomic mass is 10.2. The minimum Gasteiger partial charge on any atom is -0.377 e. The van der Waals surface area contributed by atoms with Gasteiger partial charge in [-0.15, -0.1) is 0 Å². The Bertz CT molecular complexity index is 458. The Morgan fingerprint density at radius 1 is 1.61 bits per heavy atom. The molecule has 6 nitrogen and oxygen atoms in total. The molecule has 1 atom stereocenters. The maximum absolute atomic E-state index is 12.3. The van der Waals surface area contributed by atoms with E-state index in [1.165, 1.54) is 0 Å². The van der Waals surface area contributed by atoms with E-state index in [0.717, 1.165) is 0 Å². The average Bonchev–Trinajstić information content (AvgIpc) is 2.38. The average molecular weight is 252 g/mol. The van der Waals surface area contributed by atoms with Crippen molar-refractivity contribution in [1.29, 1.82) is 0 Å². The minimum absolute atomic E-state index is 0.0296.